The number of ketones is 1. The first-order valence-electron chi connectivity index (χ1n) is 8.58. The summed E-state index contributed by atoms with van der Waals surface area (Å²) in [4.78, 5) is 35.3. The molecule has 6 heteroatoms. The number of allylic oxidation sites excluding steroid dienone is 1. The number of hydrogen-bond acceptors (Lipinski definition) is 5. The van der Waals surface area contributed by atoms with Crippen LogP contribution < -0.4 is 10.1 Å². The Balaban J connectivity index is 1.49. The zero-order valence-electron chi connectivity index (χ0n) is 14.6. The third-order valence-corrected chi connectivity index (χ3v) is 4.01. The first kappa shape index (κ1) is 18.4. The maximum Gasteiger partial charge on any atom is 0.328 e. The molecule has 1 aliphatic heterocycles. The van der Waals surface area contributed by atoms with Gasteiger partial charge in [-0.3, -0.25) is 9.59 Å². The van der Waals surface area contributed by atoms with E-state index in [2.05, 4.69) is 5.32 Å². The van der Waals surface area contributed by atoms with Crippen LogP contribution in [-0.2, 0) is 14.3 Å². The Bertz CT molecular complexity index is 843. The minimum atomic E-state index is -0.600. The molecular weight excluding hydrogens is 346 g/mol. The van der Waals surface area contributed by atoms with Crippen LogP contribution in [0.25, 0.3) is 6.08 Å². The van der Waals surface area contributed by atoms with E-state index >= 15 is 0 Å². The van der Waals surface area contributed by atoms with Gasteiger partial charge in [-0.05, 0) is 35.9 Å². The molecule has 1 amide bonds. The summed E-state index contributed by atoms with van der Waals surface area (Å²) in [6.45, 7) is 0.101. The monoisotopic (exact) mass is 365 g/mol. The fourth-order valence-electron chi connectivity index (χ4n) is 2.56. The van der Waals surface area contributed by atoms with Crippen molar-refractivity contribution >= 4 is 23.7 Å². The third-order valence-electron chi connectivity index (χ3n) is 4.01. The fraction of sp³-hybridized carbons (Fsp3) is 0.190. The normalized spacial score (nSPS) is 16.1. The first-order chi connectivity index (χ1) is 13.1. The van der Waals surface area contributed by atoms with Crippen molar-refractivity contribution in [2.45, 2.75) is 12.5 Å². The Hall–Kier alpha value is -3.41. The van der Waals surface area contributed by atoms with Crippen LogP contribution in [-0.4, -0.2) is 36.9 Å². The Morgan fingerprint density at radius 1 is 1.11 bits per heavy atom. The van der Waals surface area contributed by atoms with Crippen LogP contribution in [0.2, 0.25) is 0 Å². The maximum atomic E-state index is 12.2. The van der Waals surface area contributed by atoms with E-state index in [0.717, 1.165) is 5.56 Å². The SMILES string of the molecule is O=C(COc1ccc(C(=O)/C=C/c2ccccc2)cc1)N[C@H]1CCOC1=O. The summed E-state index contributed by atoms with van der Waals surface area (Å²) >= 11 is 0. The lowest BCUT2D eigenvalue weighted by Crippen LogP contribution is -2.40. The second kappa shape index (κ2) is 8.80. The van der Waals surface area contributed by atoms with E-state index in [4.69, 9.17) is 9.47 Å². The topological polar surface area (TPSA) is 81.7 Å². The van der Waals surface area contributed by atoms with Gasteiger partial charge in [0.25, 0.3) is 5.91 Å². The molecule has 6 nitrogen and oxygen atoms in total. The number of amides is 1. The number of ether oxygens (including phenoxy) is 2. The maximum absolute atomic E-state index is 12.2. The number of rotatable bonds is 7. The standard InChI is InChI=1S/C21H19NO5/c23-19(11-6-15-4-2-1-3-5-15)16-7-9-17(10-8-16)27-14-20(24)22-18-12-13-26-21(18)25/h1-11,18H,12-14H2,(H,22,24)/b11-6+/t18-/m0/s1. The molecule has 0 saturated carbocycles. The zero-order chi connectivity index (χ0) is 19.1. The molecule has 0 spiro atoms. The smallest absolute Gasteiger partial charge is 0.328 e. The number of cyclic esters (lactones) is 1. The second-order valence-corrected chi connectivity index (χ2v) is 6.00. The van der Waals surface area contributed by atoms with Gasteiger partial charge in [0, 0.05) is 12.0 Å². The van der Waals surface area contributed by atoms with Gasteiger partial charge in [0.15, 0.2) is 12.4 Å². The summed E-state index contributed by atoms with van der Waals surface area (Å²) in [5.74, 6) is -0.481. The molecule has 138 valence electrons. The molecule has 3 rings (SSSR count). The second-order valence-electron chi connectivity index (χ2n) is 6.00. The van der Waals surface area contributed by atoms with E-state index in [1.807, 2.05) is 30.3 Å². The van der Waals surface area contributed by atoms with Crippen molar-refractivity contribution < 1.29 is 23.9 Å². The van der Waals surface area contributed by atoms with Crippen LogP contribution >= 0.6 is 0 Å². The zero-order valence-corrected chi connectivity index (χ0v) is 14.6. The van der Waals surface area contributed by atoms with E-state index < -0.39 is 17.9 Å². The lowest BCUT2D eigenvalue weighted by atomic mass is 10.1. The summed E-state index contributed by atoms with van der Waals surface area (Å²) in [6.07, 6.45) is 3.74. The number of hydrogen-bond donors (Lipinski definition) is 1. The predicted octanol–water partition coefficient (Wildman–Crippen LogP) is 2.39. The summed E-state index contributed by atoms with van der Waals surface area (Å²) in [5, 5.41) is 2.56. The number of esters is 1. The highest BCUT2D eigenvalue weighted by Gasteiger charge is 2.27. The van der Waals surface area contributed by atoms with Crippen LogP contribution in [0.3, 0.4) is 0 Å². The number of carbonyl (C=O) groups is 3. The van der Waals surface area contributed by atoms with E-state index in [1.54, 1.807) is 30.3 Å². The largest absolute Gasteiger partial charge is 0.484 e. The summed E-state index contributed by atoms with van der Waals surface area (Å²) in [5.41, 5.74) is 1.47. The van der Waals surface area contributed by atoms with Crippen LogP contribution in [0.1, 0.15) is 22.3 Å². The lowest BCUT2D eigenvalue weighted by Gasteiger charge is -2.10. The molecule has 2 aromatic carbocycles. The highest BCUT2D eigenvalue weighted by atomic mass is 16.5. The van der Waals surface area contributed by atoms with Gasteiger partial charge in [0.2, 0.25) is 0 Å². The van der Waals surface area contributed by atoms with Crippen LogP contribution in [0.5, 0.6) is 5.75 Å². The fourth-order valence-corrected chi connectivity index (χ4v) is 2.56. The predicted molar refractivity (Wildman–Crippen MR) is 99.3 cm³/mol. The van der Waals surface area contributed by atoms with Gasteiger partial charge < -0.3 is 14.8 Å². The van der Waals surface area contributed by atoms with Gasteiger partial charge in [-0.1, -0.05) is 36.4 Å². The molecule has 0 radical (unpaired) electrons. The molecule has 0 aliphatic carbocycles. The van der Waals surface area contributed by atoms with Gasteiger partial charge >= 0.3 is 5.97 Å². The van der Waals surface area contributed by atoms with Crippen LogP contribution in [0.4, 0.5) is 0 Å². The first-order valence-corrected chi connectivity index (χ1v) is 8.58. The Kier molecular flexibility index (Phi) is 5.99. The summed E-state index contributed by atoms with van der Waals surface area (Å²) < 4.78 is 10.2. The van der Waals surface area contributed by atoms with Gasteiger partial charge in [-0.25, -0.2) is 4.79 Å². The van der Waals surface area contributed by atoms with Gasteiger partial charge in [0.1, 0.15) is 11.8 Å². The molecule has 0 bridgehead atoms. The molecule has 0 aromatic heterocycles. The Morgan fingerprint density at radius 3 is 2.52 bits per heavy atom. The third kappa shape index (κ3) is 5.28. The molecule has 1 fully saturated rings. The minimum Gasteiger partial charge on any atom is -0.484 e. The van der Waals surface area contributed by atoms with Crippen molar-refractivity contribution in [3.8, 4) is 5.75 Å². The van der Waals surface area contributed by atoms with E-state index in [0.29, 0.717) is 24.3 Å². The van der Waals surface area contributed by atoms with Gasteiger partial charge in [0.05, 0.1) is 6.61 Å². The Morgan fingerprint density at radius 2 is 1.85 bits per heavy atom. The van der Waals surface area contributed by atoms with Crippen molar-refractivity contribution in [2.75, 3.05) is 13.2 Å². The number of carbonyl (C=O) groups excluding carboxylic acids is 3. The highest BCUT2D eigenvalue weighted by molar-refractivity contribution is 6.06. The molecule has 0 unspecified atom stereocenters. The lowest BCUT2D eigenvalue weighted by molar-refractivity contribution is -0.141. The molecule has 1 aliphatic rings. The Labute approximate surface area is 156 Å². The highest BCUT2D eigenvalue weighted by Crippen LogP contribution is 2.14. The van der Waals surface area contributed by atoms with E-state index in [1.165, 1.54) is 6.08 Å². The van der Waals surface area contributed by atoms with Gasteiger partial charge in [-0.15, -0.1) is 0 Å². The average molecular weight is 365 g/mol. The van der Waals surface area contributed by atoms with E-state index in [9.17, 15) is 14.4 Å². The van der Waals surface area contributed by atoms with Crippen molar-refractivity contribution in [1.29, 1.82) is 0 Å². The van der Waals surface area contributed by atoms with Crippen molar-refractivity contribution in [3.05, 3.63) is 71.8 Å². The van der Waals surface area contributed by atoms with Gasteiger partial charge in [-0.2, -0.15) is 0 Å². The minimum absolute atomic E-state index is 0.122. The van der Waals surface area contributed by atoms with Crippen LogP contribution in [0, 0.1) is 0 Å². The number of benzene rings is 2. The van der Waals surface area contributed by atoms with Crippen LogP contribution in [0.15, 0.2) is 60.7 Å². The molecule has 1 N–H and O–H groups in total. The quantitative estimate of drug-likeness (QED) is 0.463. The molecule has 1 heterocycles. The average Bonchev–Trinajstić information content (AvgIpc) is 3.10. The van der Waals surface area contributed by atoms with Crippen molar-refractivity contribution in [3.63, 3.8) is 0 Å². The molecular formula is C21H19NO5. The number of nitrogens with one attached hydrogen (secondary N) is 1. The summed E-state index contributed by atoms with van der Waals surface area (Å²) in [6, 6.07) is 15.5. The van der Waals surface area contributed by atoms with Crippen molar-refractivity contribution in [2.24, 2.45) is 0 Å². The van der Waals surface area contributed by atoms with E-state index in [-0.39, 0.29) is 12.4 Å². The molecule has 2 aromatic rings. The van der Waals surface area contributed by atoms with Crippen molar-refractivity contribution in [1.82, 2.24) is 5.32 Å². The summed E-state index contributed by atoms with van der Waals surface area (Å²) in [7, 11) is 0. The molecule has 27 heavy (non-hydrogen) atoms. The molecule has 1 atom stereocenters. The molecule has 1 saturated heterocycles.